The molecule has 1 aliphatic rings. The maximum Gasteiger partial charge on any atom is 0.246 e. The highest BCUT2D eigenvalue weighted by molar-refractivity contribution is 7.98. The predicted octanol–water partition coefficient (Wildman–Crippen LogP) is 3.19. The first kappa shape index (κ1) is 21.4. The molecule has 3 rings (SSSR count). The number of amides is 2. The van der Waals surface area contributed by atoms with Gasteiger partial charge in [-0.1, -0.05) is 42.0 Å². The topological polar surface area (TPSA) is 70.2 Å². The minimum atomic E-state index is -0.561. The number of anilines is 1. The number of aryl methyl sites for hydroxylation is 2. The van der Waals surface area contributed by atoms with Crippen LogP contribution in [0, 0.1) is 13.8 Å². The van der Waals surface area contributed by atoms with Crippen LogP contribution in [0.25, 0.3) is 0 Å². The average molecular weight is 412 g/mol. The Morgan fingerprint density at radius 3 is 2.66 bits per heavy atom. The van der Waals surface area contributed by atoms with Crippen LogP contribution in [0.5, 0.6) is 0 Å². The summed E-state index contributed by atoms with van der Waals surface area (Å²) in [5.74, 6) is 0.503. The molecule has 0 aliphatic carbocycles. The minimum absolute atomic E-state index is 0.124. The summed E-state index contributed by atoms with van der Waals surface area (Å²) >= 11 is 1.67. The quantitative estimate of drug-likeness (QED) is 0.654. The molecular formula is C23H29N3O2S. The molecule has 6 heteroatoms. The fraction of sp³-hybridized carbons (Fsp3) is 0.391. The molecule has 0 bridgehead atoms. The first-order chi connectivity index (χ1) is 14.0. The van der Waals surface area contributed by atoms with Gasteiger partial charge in [0.2, 0.25) is 11.8 Å². The second kappa shape index (κ2) is 9.94. The molecule has 0 fully saturated rings. The first-order valence-corrected chi connectivity index (χ1v) is 11.3. The molecular weight excluding hydrogens is 382 g/mol. The van der Waals surface area contributed by atoms with E-state index in [4.69, 9.17) is 0 Å². The van der Waals surface area contributed by atoms with E-state index in [0.717, 1.165) is 22.6 Å². The van der Waals surface area contributed by atoms with Crippen molar-refractivity contribution in [3.63, 3.8) is 0 Å². The zero-order valence-corrected chi connectivity index (χ0v) is 18.1. The summed E-state index contributed by atoms with van der Waals surface area (Å²) in [7, 11) is 0. The number of carbonyl (C=O) groups is 2. The maximum absolute atomic E-state index is 12.9. The number of carbonyl (C=O) groups excluding carboxylic acids is 2. The van der Waals surface area contributed by atoms with Gasteiger partial charge in [0.1, 0.15) is 6.04 Å². The molecule has 2 unspecified atom stereocenters. The lowest BCUT2D eigenvalue weighted by Gasteiger charge is -2.27. The zero-order chi connectivity index (χ0) is 20.8. The average Bonchev–Trinajstić information content (AvgIpc) is 2.72. The molecule has 3 N–H and O–H groups in total. The van der Waals surface area contributed by atoms with Crippen LogP contribution in [0.2, 0.25) is 0 Å². The fourth-order valence-electron chi connectivity index (χ4n) is 3.59. The lowest BCUT2D eigenvalue weighted by molar-refractivity contribution is -0.128. The SMILES string of the molecule is CSCCC(NC(=O)C1Cc2ccccc2CN1)C(=O)Nc1ccc(C)cc1C. The number of rotatable bonds is 7. The van der Waals surface area contributed by atoms with Crippen molar-refractivity contribution in [3.8, 4) is 0 Å². The number of benzene rings is 2. The van der Waals surface area contributed by atoms with E-state index in [1.54, 1.807) is 11.8 Å². The Bertz CT molecular complexity index is 884. The molecule has 1 aliphatic heterocycles. The van der Waals surface area contributed by atoms with E-state index in [9.17, 15) is 9.59 Å². The van der Waals surface area contributed by atoms with Gasteiger partial charge in [0, 0.05) is 12.2 Å². The van der Waals surface area contributed by atoms with Crippen LogP contribution in [-0.4, -0.2) is 35.9 Å². The molecule has 5 nitrogen and oxygen atoms in total. The molecule has 1 heterocycles. The summed E-state index contributed by atoms with van der Waals surface area (Å²) in [5.41, 5.74) is 5.36. The van der Waals surface area contributed by atoms with Crippen molar-refractivity contribution in [2.45, 2.75) is 45.3 Å². The predicted molar refractivity (Wildman–Crippen MR) is 120 cm³/mol. The van der Waals surface area contributed by atoms with Gasteiger partial charge >= 0.3 is 0 Å². The molecule has 29 heavy (non-hydrogen) atoms. The van der Waals surface area contributed by atoms with Gasteiger partial charge in [0.15, 0.2) is 0 Å². The summed E-state index contributed by atoms with van der Waals surface area (Å²) in [6, 6.07) is 13.2. The summed E-state index contributed by atoms with van der Waals surface area (Å²) in [5, 5.41) is 9.25. The molecule has 2 amide bonds. The Balaban J connectivity index is 1.66. The van der Waals surface area contributed by atoms with Crippen LogP contribution in [0.1, 0.15) is 28.7 Å². The van der Waals surface area contributed by atoms with E-state index in [1.807, 2.05) is 50.4 Å². The normalized spacial score (nSPS) is 16.6. The Kier molecular flexibility index (Phi) is 7.34. The first-order valence-electron chi connectivity index (χ1n) is 9.95. The molecule has 2 aromatic rings. The Hall–Kier alpha value is -2.31. The summed E-state index contributed by atoms with van der Waals surface area (Å²) in [6.07, 6.45) is 3.23. The van der Waals surface area contributed by atoms with Crippen molar-refractivity contribution < 1.29 is 9.59 Å². The fourth-order valence-corrected chi connectivity index (χ4v) is 4.06. The van der Waals surface area contributed by atoms with Crippen LogP contribution in [0.4, 0.5) is 5.69 Å². The van der Waals surface area contributed by atoms with Crippen molar-refractivity contribution in [2.75, 3.05) is 17.3 Å². The van der Waals surface area contributed by atoms with Crippen molar-refractivity contribution in [1.29, 1.82) is 0 Å². The van der Waals surface area contributed by atoms with Crippen LogP contribution < -0.4 is 16.0 Å². The van der Waals surface area contributed by atoms with Crippen molar-refractivity contribution in [1.82, 2.24) is 10.6 Å². The zero-order valence-electron chi connectivity index (χ0n) is 17.2. The minimum Gasteiger partial charge on any atom is -0.343 e. The van der Waals surface area contributed by atoms with Crippen LogP contribution in [0.3, 0.4) is 0 Å². The molecule has 0 radical (unpaired) electrons. The highest BCUT2D eigenvalue weighted by Gasteiger charge is 2.28. The van der Waals surface area contributed by atoms with Gasteiger partial charge in [-0.15, -0.1) is 0 Å². The van der Waals surface area contributed by atoms with Gasteiger partial charge in [0.25, 0.3) is 0 Å². The highest BCUT2D eigenvalue weighted by atomic mass is 32.2. The highest BCUT2D eigenvalue weighted by Crippen LogP contribution is 2.18. The van der Waals surface area contributed by atoms with E-state index < -0.39 is 6.04 Å². The second-order valence-corrected chi connectivity index (χ2v) is 8.54. The number of nitrogens with one attached hydrogen (secondary N) is 3. The number of hydrogen-bond donors (Lipinski definition) is 3. The third kappa shape index (κ3) is 5.61. The van der Waals surface area contributed by atoms with Crippen LogP contribution in [-0.2, 0) is 22.6 Å². The van der Waals surface area contributed by atoms with E-state index in [2.05, 4.69) is 28.1 Å². The van der Waals surface area contributed by atoms with E-state index in [1.165, 1.54) is 11.1 Å². The summed E-state index contributed by atoms with van der Waals surface area (Å²) in [4.78, 5) is 25.8. The number of fused-ring (bicyclic) bond motifs is 1. The second-order valence-electron chi connectivity index (χ2n) is 7.56. The van der Waals surface area contributed by atoms with Gasteiger partial charge in [-0.05, 0) is 61.5 Å². The molecule has 154 valence electrons. The van der Waals surface area contributed by atoms with E-state index in [-0.39, 0.29) is 17.9 Å². The third-order valence-corrected chi connectivity index (χ3v) is 5.93. The monoisotopic (exact) mass is 411 g/mol. The van der Waals surface area contributed by atoms with Crippen LogP contribution in [0.15, 0.2) is 42.5 Å². The Morgan fingerprint density at radius 1 is 1.17 bits per heavy atom. The van der Waals surface area contributed by atoms with Crippen molar-refractivity contribution >= 4 is 29.3 Å². The maximum atomic E-state index is 12.9. The standard InChI is InChI=1S/C23H29N3O2S/c1-15-8-9-19(16(2)12-15)25-22(27)20(10-11-29-3)26-23(28)21-13-17-6-4-5-7-18(17)14-24-21/h4-9,12,20-21,24H,10-11,13-14H2,1-3H3,(H,25,27)(H,26,28). The third-order valence-electron chi connectivity index (χ3n) is 5.28. The van der Waals surface area contributed by atoms with Crippen molar-refractivity contribution in [2.24, 2.45) is 0 Å². The molecule has 0 spiro atoms. The van der Waals surface area contributed by atoms with E-state index in [0.29, 0.717) is 19.4 Å². The van der Waals surface area contributed by atoms with Gasteiger partial charge in [-0.3, -0.25) is 9.59 Å². The molecule has 2 aromatic carbocycles. The van der Waals surface area contributed by atoms with E-state index >= 15 is 0 Å². The Morgan fingerprint density at radius 2 is 1.93 bits per heavy atom. The van der Waals surface area contributed by atoms with Gasteiger partial charge in [-0.2, -0.15) is 11.8 Å². The van der Waals surface area contributed by atoms with Gasteiger partial charge < -0.3 is 16.0 Å². The largest absolute Gasteiger partial charge is 0.343 e. The Labute approximate surface area is 177 Å². The smallest absolute Gasteiger partial charge is 0.246 e. The molecule has 0 saturated heterocycles. The van der Waals surface area contributed by atoms with Gasteiger partial charge in [0.05, 0.1) is 6.04 Å². The lowest BCUT2D eigenvalue weighted by Crippen LogP contribution is -2.53. The molecule has 2 atom stereocenters. The van der Waals surface area contributed by atoms with Gasteiger partial charge in [-0.25, -0.2) is 0 Å². The molecule has 0 saturated carbocycles. The summed E-state index contributed by atoms with van der Waals surface area (Å²) in [6.45, 7) is 4.66. The van der Waals surface area contributed by atoms with Crippen LogP contribution >= 0.6 is 11.8 Å². The lowest BCUT2D eigenvalue weighted by atomic mass is 9.95. The molecule has 0 aromatic heterocycles. The number of thioether (sulfide) groups is 1. The van der Waals surface area contributed by atoms with Crippen molar-refractivity contribution in [3.05, 3.63) is 64.7 Å². The summed E-state index contributed by atoms with van der Waals surface area (Å²) < 4.78 is 0. The number of hydrogen-bond acceptors (Lipinski definition) is 4.